The van der Waals surface area contributed by atoms with E-state index in [1.54, 1.807) is 0 Å². The van der Waals surface area contributed by atoms with Gasteiger partial charge in [0.2, 0.25) is 0 Å². The Kier molecular flexibility index (Phi) is 20.5. The Labute approximate surface area is 682 Å². The Bertz CT molecular complexity index is 7400. The molecule has 7 heteroatoms. The molecule has 0 bridgehead atoms. The summed E-state index contributed by atoms with van der Waals surface area (Å²) in [7, 11) is 0. The van der Waals surface area contributed by atoms with Crippen molar-refractivity contribution in [3.63, 3.8) is 0 Å². The van der Waals surface area contributed by atoms with E-state index in [1.807, 2.05) is 77.3 Å². The zero-order valence-electron chi connectivity index (χ0n) is 65.9. The largest absolute Gasteiger partial charge is 0.456 e. The number of aryl methyl sites for hydroxylation is 7. The molecule has 5 nitrogen and oxygen atoms in total. The van der Waals surface area contributed by atoms with Gasteiger partial charge in [0.15, 0.2) is 0 Å². The molecule has 7 aromatic heterocycles. The predicted octanol–water partition coefficient (Wildman–Crippen LogP) is 31.8. The molecule has 0 atom stereocenters. The van der Waals surface area contributed by atoms with E-state index < -0.39 is 0 Å². The number of hydrogen-bond donors (Lipinski definition) is 0. The zero-order valence-corrected chi connectivity index (χ0v) is 67.6. The predicted molar refractivity (Wildman–Crippen MR) is 502 cm³/mol. The summed E-state index contributed by atoms with van der Waals surface area (Å²) in [5.41, 5.74) is 24.3. The normalized spacial score (nSPS) is 11.2. The van der Waals surface area contributed by atoms with E-state index in [1.165, 1.54) is 183 Å². The van der Waals surface area contributed by atoms with E-state index in [4.69, 9.17) is 8.83 Å². The van der Waals surface area contributed by atoms with E-state index in [-0.39, 0.29) is 0 Å². The van der Waals surface area contributed by atoms with Crippen LogP contribution in [0.3, 0.4) is 0 Å². The molecule has 0 saturated heterocycles. The summed E-state index contributed by atoms with van der Waals surface area (Å²) in [6.45, 7) is 15.0. The smallest absolute Gasteiger partial charge is 0.135 e. The molecule has 0 aliphatic carbocycles. The molecular formula is C109H85N3O2S2. The molecule has 17 aromatic carbocycles. The molecule has 0 aliphatic heterocycles. The van der Waals surface area contributed by atoms with Gasteiger partial charge in [0.25, 0.3) is 0 Å². The lowest BCUT2D eigenvalue weighted by atomic mass is 10.1. The maximum Gasteiger partial charge on any atom is 0.135 e. The van der Waals surface area contributed by atoms with Crippen molar-refractivity contribution >= 4 is 172 Å². The molecule has 0 amide bonds. The summed E-state index contributed by atoms with van der Waals surface area (Å²) in [4.78, 5) is 0. The molecule has 560 valence electrons. The Morgan fingerprint density at radius 1 is 0.181 bits per heavy atom. The minimum Gasteiger partial charge on any atom is -0.456 e. The number of hydrogen-bond acceptors (Lipinski definition) is 4. The quantitative estimate of drug-likeness (QED) is 0.177. The molecule has 0 unspecified atom stereocenters. The van der Waals surface area contributed by atoms with Crippen LogP contribution >= 0.6 is 22.7 Å². The first-order chi connectivity index (χ1) is 57.0. The second kappa shape index (κ2) is 32.3. The maximum absolute atomic E-state index is 5.73. The third kappa shape index (κ3) is 14.4. The van der Waals surface area contributed by atoms with Gasteiger partial charge in [-0.1, -0.05) is 265 Å². The Morgan fingerprint density at radius 2 is 0.534 bits per heavy atom. The van der Waals surface area contributed by atoms with Gasteiger partial charge in [0.1, 0.15) is 22.3 Å². The van der Waals surface area contributed by atoms with E-state index in [9.17, 15) is 0 Å². The van der Waals surface area contributed by atoms with Gasteiger partial charge in [-0.05, 0) is 210 Å². The van der Waals surface area contributed by atoms with E-state index in [0.29, 0.717) is 0 Å². The molecule has 7 heterocycles. The lowest BCUT2D eigenvalue weighted by Crippen LogP contribution is -1.92. The number of aromatic nitrogens is 3. The Hall–Kier alpha value is -13.8. The van der Waals surface area contributed by atoms with Gasteiger partial charge in [-0.15, -0.1) is 22.7 Å². The van der Waals surface area contributed by atoms with Crippen molar-refractivity contribution in [1.29, 1.82) is 0 Å². The SMILES string of the molecule is Cc1ccc2c(c1)c1ccccc1n2-c1ccccc1.Cc1ccc2c3ccccc3n(-c3ccccc3)c2c1.Cc1ccc2oc3ccccc3c2c1.Cc1ccc2sc3ccccc3c2c1.Cc1cccc2c1c1ccccc1n2-c1ccccc1.Cc1cccc2oc3ccccc3c12.Cc1cccc2sc3ccccc3c12. The molecule has 0 N–H and O–H groups in total. The van der Waals surface area contributed by atoms with E-state index >= 15 is 0 Å². The van der Waals surface area contributed by atoms with Crippen LogP contribution in [-0.2, 0) is 0 Å². The van der Waals surface area contributed by atoms with Gasteiger partial charge in [0.05, 0.1) is 33.1 Å². The van der Waals surface area contributed by atoms with Gasteiger partial charge in [-0.2, -0.15) is 0 Å². The van der Waals surface area contributed by atoms with E-state index in [2.05, 4.69) is 396 Å². The van der Waals surface area contributed by atoms with Crippen molar-refractivity contribution in [3.05, 3.63) is 427 Å². The third-order valence-corrected chi connectivity index (χ3v) is 24.2. The molecule has 0 fully saturated rings. The van der Waals surface area contributed by atoms with Crippen molar-refractivity contribution in [2.24, 2.45) is 0 Å². The van der Waals surface area contributed by atoms with Crippen molar-refractivity contribution in [2.75, 3.05) is 0 Å². The highest BCUT2D eigenvalue weighted by atomic mass is 32.1. The molecule has 116 heavy (non-hydrogen) atoms. The van der Waals surface area contributed by atoms with Crippen LogP contribution in [0.2, 0.25) is 0 Å². The second-order valence-corrected chi connectivity index (χ2v) is 32.0. The van der Waals surface area contributed by atoms with Crippen LogP contribution in [0.25, 0.3) is 167 Å². The standard InChI is InChI=1S/3C19H15N.2C13H10O.2C13H10S/c1-14-8-7-13-18-19(14)16-11-5-6-12-17(16)20(18)15-9-3-2-4-10-15;1-14-11-12-19-17(13-14)16-9-5-6-10-18(16)20(19)15-7-3-2-4-8-15;1-14-11-12-17-16-9-5-6-10-18(16)20(19(17)13-14)15-7-3-2-4-8-15;1-9-5-4-8-12-13(9)10-6-2-3-7-11(10)14-12;1-9-6-7-13-11(8-9)10-4-2-3-5-12(10)14-13;1-9-5-4-8-12-13(9)10-6-2-3-7-11(10)14-12;1-9-6-7-13-11(8-9)10-4-2-3-5-12(10)14-13/h3*2-13H,1H3;4*2-8H,1H3. The summed E-state index contributed by atoms with van der Waals surface area (Å²) in [5.74, 6) is 0. The van der Waals surface area contributed by atoms with E-state index in [0.717, 1.165) is 22.3 Å². The monoisotopic (exact) mass is 1530 g/mol. The van der Waals surface area contributed by atoms with Crippen LogP contribution in [0.15, 0.2) is 397 Å². The van der Waals surface area contributed by atoms with Crippen LogP contribution in [0.5, 0.6) is 0 Å². The summed E-state index contributed by atoms with van der Waals surface area (Å²) >= 11 is 3.75. The third-order valence-electron chi connectivity index (χ3n) is 21.9. The van der Waals surface area contributed by atoms with Crippen LogP contribution in [0, 0.1) is 48.5 Å². The maximum atomic E-state index is 5.73. The highest BCUT2D eigenvalue weighted by molar-refractivity contribution is 7.26. The average Bonchev–Trinajstić information content (AvgIpc) is 1.60. The van der Waals surface area contributed by atoms with Gasteiger partial charge in [-0.3, -0.25) is 0 Å². The Balaban J connectivity index is 0.0000000942. The first kappa shape index (κ1) is 73.6. The molecule has 0 saturated carbocycles. The molecular weight excluding hydrogens is 1450 g/mol. The van der Waals surface area contributed by atoms with Gasteiger partial charge < -0.3 is 22.5 Å². The summed E-state index contributed by atoms with van der Waals surface area (Å²) in [5, 5.41) is 18.4. The van der Waals surface area contributed by atoms with Crippen molar-refractivity contribution in [3.8, 4) is 17.1 Å². The van der Waals surface area contributed by atoms with Crippen LogP contribution < -0.4 is 0 Å². The fourth-order valence-corrected chi connectivity index (χ4v) is 18.8. The molecule has 0 radical (unpaired) electrons. The first-order valence-corrected chi connectivity index (χ1v) is 41.2. The lowest BCUT2D eigenvalue weighted by molar-refractivity contribution is 0.668. The van der Waals surface area contributed by atoms with Crippen molar-refractivity contribution in [1.82, 2.24) is 13.7 Å². The fourth-order valence-electron chi connectivity index (χ4n) is 16.5. The summed E-state index contributed by atoms with van der Waals surface area (Å²) in [6.07, 6.45) is 0. The van der Waals surface area contributed by atoms with Crippen LogP contribution in [-0.4, -0.2) is 13.7 Å². The van der Waals surface area contributed by atoms with Gasteiger partial charge >= 0.3 is 0 Å². The van der Waals surface area contributed by atoms with Crippen molar-refractivity contribution in [2.45, 2.75) is 48.5 Å². The van der Waals surface area contributed by atoms with Crippen LogP contribution in [0.4, 0.5) is 0 Å². The highest BCUT2D eigenvalue weighted by Crippen LogP contribution is 2.40. The molecule has 24 aromatic rings. The zero-order chi connectivity index (χ0) is 78.8. The topological polar surface area (TPSA) is 41.1 Å². The highest BCUT2D eigenvalue weighted by Gasteiger charge is 2.17. The number of rotatable bonds is 3. The minimum absolute atomic E-state index is 0.966. The molecule has 0 aliphatic rings. The number of benzene rings is 17. The molecule has 0 spiro atoms. The van der Waals surface area contributed by atoms with Crippen LogP contribution in [0.1, 0.15) is 38.9 Å². The summed E-state index contributed by atoms with van der Waals surface area (Å²) < 4.78 is 24.0. The number of nitrogens with zero attached hydrogens (tertiary/aromatic N) is 3. The summed E-state index contributed by atoms with van der Waals surface area (Å²) in [6, 6.07) is 137. The lowest BCUT2D eigenvalue weighted by Gasteiger charge is -2.07. The minimum atomic E-state index is 0.966. The fraction of sp³-hybridized carbons (Fsp3) is 0.0642. The number of para-hydroxylation sites is 8. The van der Waals surface area contributed by atoms with Gasteiger partial charge in [0, 0.05) is 111 Å². The molecule has 24 rings (SSSR count). The average molecular weight is 1530 g/mol. The van der Waals surface area contributed by atoms with Crippen molar-refractivity contribution < 1.29 is 8.83 Å². The number of fused-ring (bicyclic) bond motifs is 21. The number of thiophene rings is 2. The Morgan fingerprint density at radius 3 is 1.18 bits per heavy atom. The first-order valence-electron chi connectivity index (χ1n) is 39.6. The number of furan rings is 2. The van der Waals surface area contributed by atoms with Gasteiger partial charge in [-0.25, -0.2) is 0 Å². The second-order valence-electron chi connectivity index (χ2n) is 29.9.